The van der Waals surface area contributed by atoms with Gasteiger partial charge in [0.15, 0.2) is 0 Å². The summed E-state index contributed by atoms with van der Waals surface area (Å²) in [5, 5.41) is 2.88. The van der Waals surface area contributed by atoms with Gasteiger partial charge >= 0.3 is 6.03 Å². The van der Waals surface area contributed by atoms with Crippen LogP contribution in [0.3, 0.4) is 0 Å². The molecule has 0 spiro atoms. The highest BCUT2D eigenvalue weighted by Gasteiger charge is 2.52. The van der Waals surface area contributed by atoms with Crippen molar-refractivity contribution >= 4 is 23.5 Å². The van der Waals surface area contributed by atoms with Crippen molar-refractivity contribution in [2.45, 2.75) is 31.8 Å². The molecule has 1 fully saturated rings. The van der Waals surface area contributed by atoms with Gasteiger partial charge in [-0.25, -0.2) is 4.79 Å². The lowest BCUT2D eigenvalue weighted by Crippen LogP contribution is -2.45. The van der Waals surface area contributed by atoms with E-state index in [1.165, 1.54) is 0 Å². The average molecular weight is 442 g/mol. The maximum absolute atomic E-state index is 13.6. The van der Waals surface area contributed by atoms with E-state index >= 15 is 0 Å². The van der Waals surface area contributed by atoms with Gasteiger partial charge in [-0.3, -0.25) is 14.5 Å². The van der Waals surface area contributed by atoms with Crippen LogP contribution in [-0.2, 0) is 21.7 Å². The molecule has 3 aromatic rings. The van der Waals surface area contributed by atoms with Gasteiger partial charge < -0.3 is 10.2 Å². The van der Waals surface area contributed by atoms with E-state index in [1.807, 2.05) is 97.9 Å². The van der Waals surface area contributed by atoms with E-state index in [1.54, 1.807) is 4.90 Å². The zero-order valence-electron chi connectivity index (χ0n) is 18.6. The summed E-state index contributed by atoms with van der Waals surface area (Å²) in [6.45, 7) is 1.98. The van der Waals surface area contributed by atoms with Gasteiger partial charge in [0.25, 0.3) is 5.91 Å². The normalized spacial score (nSPS) is 17.7. The maximum Gasteiger partial charge on any atom is 0.325 e. The first kappa shape index (κ1) is 22.3. The van der Waals surface area contributed by atoms with E-state index in [-0.39, 0.29) is 18.4 Å². The van der Waals surface area contributed by atoms with E-state index in [2.05, 4.69) is 5.32 Å². The summed E-state index contributed by atoms with van der Waals surface area (Å²) >= 11 is 0. The summed E-state index contributed by atoms with van der Waals surface area (Å²) in [5.41, 5.74) is 1.24. The van der Waals surface area contributed by atoms with Gasteiger partial charge in [-0.2, -0.15) is 0 Å². The molecule has 1 saturated heterocycles. The molecular weight excluding hydrogens is 414 g/mol. The third-order valence-corrected chi connectivity index (χ3v) is 5.91. The van der Waals surface area contributed by atoms with E-state index in [0.717, 1.165) is 16.0 Å². The lowest BCUT2D eigenvalue weighted by molar-refractivity contribution is -0.135. The number of benzene rings is 3. The molecule has 1 atom stereocenters. The Morgan fingerprint density at radius 1 is 0.879 bits per heavy atom. The first-order valence-corrected chi connectivity index (χ1v) is 11.1. The van der Waals surface area contributed by atoms with Crippen LogP contribution in [0.4, 0.5) is 10.5 Å². The van der Waals surface area contributed by atoms with Crippen molar-refractivity contribution in [2.75, 3.05) is 11.4 Å². The minimum Gasteiger partial charge on any atom is -0.319 e. The van der Waals surface area contributed by atoms with Gasteiger partial charge in [0.05, 0.1) is 6.54 Å². The van der Waals surface area contributed by atoms with E-state index < -0.39 is 11.6 Å². The van der Waals surface area contributed by atoms with Crippen LogP contribution in [0.15, 0.2) is 91.0 Å². The second-order valence-corrected chi connectivity index (χ2v) is 8.14. The number of carbonyl (C=O) groups excluding carboxylic acids is 3. The molecule has 3 aromatic carbocycles. The zero-order chi connectivity index (χ0) is 23.3. The molecule has 6 nitrogen and oxygen atoms in total. The highest BCUT2D eigenvalue weighted by Crippen LogP contribution is 2.33. The largest absolute Gasteiger partial charge is 0.325 e. The van der Waals surface area contributed by atoms with Gasteiger partial charge in [0.2, 0.25) is 5.91 Å². The lowest BCUT2D eigenvalue weighted by atomic mass is 9.85. The monoisotopic (exact) mass is 441 g/mol. The Labute approximate surface area is 193 Å². The van der Waals surface area contributed by atoms with Crippen LogP contribution >= 0.6 is 0 Å². The molecule has 1 aliphatic heterocycles. The first-order valence-electron chi connectivity index (χ1n) is 11.1. The van der Waals surface area contributed by atoms with Gasteiger partial charge in [-0.15, -0.1) is 0 Å². The average Bonchev–Trinajstić information content (AvgIpc) is 3.09. The van der Waals surface area contributed by atoms with E-state index in [4.69, 9.17) is 0 Å². The van der Waals surface area contributed by atoms with Crippen molar-refractivity contribution in [1.82, 2.24) is 10.2 Å². The quantitative estimate of drug-likeness (QED) is 0.525. The molecule has 168 valence electrons. The topological polar surface area (TPSA) is 69.7 Å². The van der Waals surface area contributed by atoms with Gasteiger partial charge in [0, 0.05) is 5.69 Å². The second-order valence-electron chi connectivity index (χ2n) is 8.14. The Morgan fingerprint density at radius 2 is 1.45 bits per heavy atom. The molecule has 1 N–H and O–H groups in total. The SMILES string of the molecule is CCCC1(c2ccccc2)NC(=O)N(CC(=O)N(Cc2ccccc2)c2ccccc2)C1=O. The fourth-order valence-corrected chi connectivity index (χ4v) is 4.29. The number of rotatable bonds is 8. The Morgan fingerprint density at radius 3 is 2.06 bits per heavy atom. The van der Waals surface area contributed by atoms with Crippen LogP contribution < -0.4 is 10.2 Å². The molecule has 33 heavy (non-hydrogen) atoms. The van der Waals surface area contributed by atoms with Crippen molar-refractivity contribution in [3.05, 3.63) is 102 Å². The molecule has 0 bridgehead atoms. The molecule has 4 rings (SSSR count). The molecule has 4 amide bonds. The summed E-state index contributed by atoms with van der Waals surface area (Å²) in [6, 6.07) is 27.6. The highest BCUT2D eigenvalue weighted by atomic mass is 16.2. The summed E-state index contributed by atoms with van der Waals surface area (Å²) < 4.78 is 0. The van der Waals surface area contributed by atoms with Crippen LogP contribution in [0.1, 0.15) is 30.9 Å². The van der Waals surface area contributed by atoms with Crippen molar-refractivity contribution in [3.8, 4) is 0 Å². The Hall–Kier alpha value is -3.93. The molecule has 1 aliphatic rings. The van der Waals surface area contributed by atoms with Crippen LogP contribution in [0.5, 0.6) is 0 Å². The van der Waals surface area contributed by atoms with Crippen molar-refractivity contribution in [3.63, 3.8) is 0 Å². The summed E-state index contributed by atoms with van der Waals surface area (Å²) in [7, 11) is 0. The van der Waals surface area contributed by atoms with Gasteiger partial charge in [0.1, 0.15) is 12.1 Å². The standard InChI is InChI=1S/C27H27N3O3/c1-2-18-27(22-14-8-4-9-15-22)25(32)30(26(33)28-27)20-24(31)29(23-16-10-5-11-17-23)19-21-12-6-3-7-13-21/h3-17H,2,18-20H2,1H3,(H,28,33). The van der Waals surface area contributed by atoms with E-state index in [0.29, 0.717) is 25.1 Å². The number of hydrogen-bond donors (Lipinski definition) is 1. The number of nitrogens with one attached hydrogen (secondary N) is 1. The number of imide groups is 1. The minimum atomic E-state index is -1.15. The predicted octanol–water partition coefficient (Wildman–Crippen LogP) is 4.47. The number of anilines is 1. The number of urea groups is 1. The van der Waals surface area contributed by atoms with Crippen LogP contribution in [0, 0.1) is 0 Å². The Kier molecular flexibility index (Phi) is 6.54. The first-order chi connectivity index (χ1) is 16.0. The Balaban J connectivity index is 1.61. The third kappa shape index (κ3) is 4.51. The van der Waals surface area contributed by atoms with Gasteiger partial charge in [-0.05, 0) is 29.7 Å². The van der Waals surface area contributed by atoms with E-state index in [9.17, 15) is 14.4 Å². The predicted molar refractivity (Wildman–Crippen MR) is 127 cm³/mol. The molecule has 0 aliphatic carbocycles. The molecule has 0 aromatic heterocycles. The second kappa shape index (κ2) is 9.69. The number of carbonyl (C=O) groups is 3. The summed E-state index contributed by atoms with van der Waals surface area (Å²) in [5.74, 6) is -0.712. The molecule has 0 radical (unpaired) electrons. The summed E-state index contributed by atoms with van der Waals surface area (Å²) in [4.78, 5) is 42.6. The molecule has 0 saturated carbocycles. The molecule has 1 heterocycles. The van der Waals surface area contributed by atoms with Crippen LogP contribution in [0.2, 0.25) is 0 Å². The number of nitrogens with zero attached hydrogens (tertiary/aromatic N) is 2. The molecular formula is C27H27N3O3. The van der Waals surface area contributed by atoms with Crippen molar-refractivity contribution in [1.29, 1.82) is 0 Å². The van der Waals surface area contributed by atoms with Crippen LogP contribution in [-0.4, -0.2) is 29.3 Å². The smallest absolute Gasteiger partial charge is 0.319 e. The Bertz CT molecular complexity index is 1120. The fourth-order valence-electron chi connectivity index (χ4n) is 4.29. The molecule has 6 heteroatoms. The zero-order valence-corrected chi connectivity index (χ0v) is 18.6. The highest BCUT2D eigenvalue weighted by molar-refractivity contribution is 6.10. The van der Waals surface area contributed by atoms with Gasteiger partial charge in [-0.1, -0.05) is 92.2 Å². The van der Waals surface area contributed by atoms with Crippen molar-refractivity contribution < 1.29 is 14.4 Å². The third-order valence-electron chi connectivity index (χ3n) is 5.91. The minimum absolute atomic E-state index is 0.325. The number of hydrogen-bond acceptors (Lipinski definition) is 3. The summed E-state index contributed by atoms with van der Waals surface area (Å²) in [6.07, 6.45) is 1.16. The fraction of sp³-hybridized carbons (Fsp3) is 0.222. The number of amides is 4. The van der Waals surface area contributed by atoms with Crippen molar-refractivity contribution in [2.24, 2.45) is 0 Å². The maximum atomic E-state index is 13.6. The number of para-hydroxylation sites is 1. The van der Waals surface area contributed by atoms with Crippen LogP contribution in [0.25, 0.3) is 0 Å². The lowest BCUT2D eigenvalue weighted by Gasteiger charge is -2.28. The molecule has 1 unspecified atom stereocenters.